The Kier molecular flexibility index (Phi) is 5.75. The molecule has 1 fully saturated rings. The zero-order chi connectivity index (χ0) is 22.0. The van der Waals surface area contributed by atoms with Crippen molar-refractivity contribution >= 4 is 17.5 Å². The predicted molar refractivity (Wildman–Crippen MR) is 119 cm³/mol. The van der Waals surface area contributed by atoms with Crippen LogP contribution in [0, 0.1) is 12.8 Å². The lowest BCUT2D eigenvalue weighted by atomic mass is 10.0. The molecule has 0 spiro atoms. The van der Waals surface area contributed by atoms with Crippen LogP contribution in [0.3, 0.4) is 0 Å². The van der Waals surface area contributed by atoms with Gasteiger partial charge in [-0.05, 0) is 55.0 Å². The van der Waals surface area contributed by atoms with Crippen LogP contribution in [-0.4, -0.2) is 28.4 Å². The first kappa shape index (κ1) is 20.7. The number of nitrogens with two attached hydrogens (primary N) is 1. The molecule has 0 bridgehead atoms. The highest BCUT2D eigenvalue weighted by atomic mass is 16.5. The van der Waals surface area contributed by atoms with E-state index >= 15 is 0 Å². The lowest BCUT2D eigenvalue weighted by molar-refractivity contribution is 0.0945. The van der Waals surface area contributed by atoms with Gasteiger partial charge in [0.15, 0.2) is 11.5 Å². The van der Waals surface area contributed by atoms with Crippen LogP contribution in [0.4, 0.5) is 5.82 Å². The van der Waals surface area contributed by atoms with Crippen LogP contribution >= 0.6 is 0 Å². The Morgan fingerprint density at radius 1 is 1.23 bits per heavy atom. The summed E-state index contributed by atoms with van der Waals surface area (Å²) in [4.78, 5) is 29.4. The number of benzene rings is 2. The SMILES string of the molecule is COc1cccc(CNC(=O)c2ncn(-c3cc(C(=O)CC4CC4)ccc3C)c2N)c1. The Morgan fingerprint density at radius 3 is 2.77 bits per heavy atom. The zero-order valence-electron chi connectivity index (χ0n) is 17.7. The molecule has 4 rings (SSSR count). The van der Waals surface area contributed by atoms with E-state index in [4.69, 9.17) is 10.5 Å². The summed E-state index contributed by atoms with van der Waals surface area (Å²) in [7, 11) is 1.60. The van der Waals surface area contributed by atoms with Gasteiger partial charge in [0.05, 0.1) is 12.8 Å². The average Bonchev–Trinajstić information content (AvgIpc) is 3.51. The van der Waals surface area contributed by atoms with Gasteiger partial charge in [-0.3, -0.25) is 14.2 Å². The minimum atomic E-state index is -0.363. The maximum absolute atomic E-state index is 12.7. The minimum absolute atomic E-state index is 0.138. The summed E-state index contributed by atoms with van der Waals surface area (Å²) in [6.45, 7) is 2.26. The van der Waals surface area contributed by atoms with Gasteiger partial charge in [0.25, 0.3) is 5.91 Å². The van der Waals surface area contributed by atoms with Gasteiger partial charge in [0.2, 0.25) is 0 Å². The van der Waals surface area contributed by atoms with Crippen LogP contribution in [0.1, 0.15) is 51.2 Å². The van der Waals surface area contributed by atoms with Crippen molar-refractivity contribution in [2.24, 2.45) is 5.92 Å². The van der Waals surface area contributed by atoms with E-state index in [9.17, 15) is 9.59 Å². The zero-order valence-corrected chi connectivity index (χ0v) is 17.7. The maximum atomic E-state index is 12.7. The van der Waals surface area contributed by atoms with E-state index in [-0.39, 0.29) is 23.2 Å². The third-order valence-corrected chi connectivity index (χ3v) is 5.57. The number of anilines is 1. The largest absolute Gasteiger partial charge is 0.497 e. The summed E-state index contributed by atoms with van der Waals surface area (Å²) in [5, 5.41) is 2.84. The first-order valence-corrected chi connectivity index (χ1v) is 10.3. The van der Waals surface area contributed by atoms with Crippen molar-refractivity contribution in [3.05, 3.63) is 71.2 Å². The normalized spacial score (nSPS) is 13.1. The lowest BCUT2D eigenvalue weighted by Gasteiger charge is -2.11. The van der Waals surface area contributed by atoms with E-state index in [0.29, 0.717) is 24.4 Å². The highest BCUT2D eigenvalue weighted by molar-refractivity contribution is 5.98. The molecule has 7 heteroatoms. The van der Waals surface area contributed by atoms with Crippen LogP contribution in [0.2, 0.25) is 0 Å². The van der Waals surface area contributed by atoms with E-state index in [1.807, 2.05) is 49.4 Å². The second-order valence-electron chi connectivity index (χ2n) is 7.95. The molecule has 1 aromatic heterocycles. The molecule has 1 heterocycles. The number of amides is 1. The van der Waals surface area contributed by atoms with Crippen LogP contribution in [-0.2, 0) is 6.54 Å². The second kappa shape index (κ2) is 8.63. The van der Waals surface area contributed by atoms with Crippen molar-refractivity contribution in [3.63, 3.8) is 0 Å². The number of carbonyl (C=O) groups excluding carboxylic acids is 2. The van der Waals surface area contributed by atoms with E-state index in [1.54, 1.807) is 11.7 Å². The molecule has 160 valence electrons. The first-order chi connectivity index (χ1) is 15.0. The van der Waals surface area contributed by atoms with Gasteiger partial charge in [-0.2, -0.15) is 0 Å². The molecule has 0 radical (unpaired) electrons. The highest BCUT2D eigenvalue weighted by Gasteiger charge is 2.25. The molecule has 1 amide bonds. The Hall–Kier alpha value is -3.61. The number of ether oxygens (including phenoxy) is 1. The van der Waals surface area contributed by atoms with E-state index in [1.165, 1.54) is 6.33 Å². The standard InChI is InChI=1S/C24H26N4O3/c1-15-6-9-18(21(29)11-16-7-8-16)12-20(15)28-14-27-22(23(28)25)24(30)26-13-17-4-3-5-19(10-17)31-2/h3-6,9-10,12,14,16H,7-8,11,13,25H2,1-2H3,(H,26,30). The molecule has 3 aromatic rings. The molecule has 1 saturated carbocycles. The van der Waals surface area contributed by atoms with E-state index < -0.39 is 0 Å². The van der Waals surface area contributed by atoms with Crippen LogP contribution in [0.5, 0.6) is 5.75 Å². The third-order valence-electron chi connectivity index (χ3n) is 5.57. The fourth-order valence-electron chi connectivity index (χ4n) is 3.52. The number of methoxy groups -OCH3 is 1. The van der Waals surface area contributed by atoms with Crippen molar-refractivity contribution < 1.29 is 14.3 Å². The Labute approximate surface area is 181 Å². The Balaban J connectivity index is 1.52. The fourth-order valence-corrected chi connectivity index (χ4v) is 3.52. The van der Waals surface area contributed by atoms with Crippen molar-refractivity contribution in [1.82, 2.24) is 14.9 Å². The number of nitrogen functional groups attached to an aromatic ring is 1. The molecule has 0 saturated heterocycles. The molecule has 7 nitrogen and oxygen atoms in total. The quantitative estimate of drug-likeness (QED) is 0.544. The number of nitrogens with one attached hydrogen (secondary N) is 1. The van der Waals surface area contributed by atoms with Crippen molar-refractivity contribution in [2.45, 2.75) is 32.7 Å². The number of aryl methyl sites for hydroxylation is 1. The van der Waals surface area contributed by atoms with Crippen molar-refractivity contribution in [3.8, 4) is 11.4 Å². The second-order valence-corrected chi connectivity index (χ2v) is 7.95. The van der Waals surface area contributed by atoms with Crippen molar-refractivity contribution in [2.75, 3.05) is 12.8 Å². The number of imidazole rings is 1. The van der Waals surface area contributed by atoms with E-state index in [2.05, 4.69) is 10.3 Å². The number of carbonyl (C=O) groups is 2. The van der Waals surface area contributed by atoms with Gasteiger partial charge in [0.1, 0.15) is 17.9 Å². The topological polar surface area (TPSA) is 99.2 Å². The molecule has 1 aliphatic carbocycles. The number of ketones is 1. The molecular formula is C24H26N4O3. The number of hydrogen-bond donors (Lipinski definition) is 2. The summed E-state index contributed by atoms with van der Waals surface area (Å²) < 4.78 is 6.86. The number of rotatable bonds is 8. The van der Waals surface area contributed by atoms with Gasteiger partial charge in [-0.15, -0.1) is 0 Å². The predicted octanol–water partition coefficient (Wildman–Crippen LogP) is 3.68. The summed E-state index contributed by atoms with van der Waals surface area (Å²) >= 11 is 0. The summed E-state index contributed by atoms with van der Waals surface area (Å²) in [5.74, 6) is 1.26. The molecular weight excluding hydrogens is 392 g/mol. The highest BCUT2D eigenvalue weighted by Crippen LogP contribution is 2.34. The van der Waals surface area contributed by atoms with Gasteiger partial charge >= 0.3 is 0 Å². The van der Waals surface area contributed by atoms with Crippen LogP contribution < -0.4 is 15.8 Å². The van der Waals surface area contributed by atoms with Gasteiger partial charge < -0.3 is 15.8 Å². The first-order valence-electron chi connectivity index (χ1n) is 10.3. The average molecular weight is 418 g/mol. The third kappa shape index (κ3) is 4.60. The number of hydrogen-bond acceptors (Lipinski definition) is 5. The summed E-state index contributed by atoms with van der Waals surface area (Å²) in [6.07, 6.45) is 4.37. The number of aromatic nitrogens is 2. The van der Waals surface area contributed by atoms with Crippen LogP contribution in [0.15, 0.2) is 48.8 Å². The maximum Gasteiger partial charge on any atom is 0.273 e. The fraction of sp³-hybridized carbons (Fsp3) is 0.292. The van der Waals surface area contributed by atoms with Crippen molar-refractivity contribution in [1.29, 1.82) is 0 Å². The monoisotopic (exact) mass is 418 g/mol. The van der Waals surface area contributed by atoms with E-state index in [0.717, 1.165) is 35.4 Å². The molecule has 3 N–H and O–H groups in total. The molecule has 1 aliphatic rings. The summed E-state index contributed by atoms with van der Waals surface area (Å²) in [5.41, 5.74) is 9.67. The molecule has 0 atom stereocenters. The number of nitrogens with zero attached hydrogens (tertiary/aromatic N) is 2. The smallest absolute Gasteiger partial charge is 0.273 e. The van der Waals surface area contributed by atoms with Crippen LogP contribution in [0.25, 0.3) is 5.69 Å². The molecule has 2 aromatic carbocycles. The lowest BCUT2D eigenvalue weighted by Crippen LogP contribution is -2.24. The molecule has 31 heavy (non-hydrogen) atoms. The van der Waals surface area contributed by atoms with Gasteiger partial charge in [-0.1, -0.05) is 24.3 Å². The number of Topliss-reactive ketones (excluding diaryl/α,β-unsaturated/α-hetero) is 1. The van der Waals surface area contributed by atoms with Gasteiger partial charge in [-0.25, -0.2) is 4.98 Å². The Bertz CT molecular complexity index is 1130. The molecule has 0 unspecified atom stereocenters. The summed E-state index contributed by atoms with van der Waals surface area (Å²) in [6, 6.07) is 13.0. The minimum Gasteiger partial charge on any atom is -0.497 e. The van der Waals surface area contributed by atoms with Gasteiger partial charge in [0, 0.05) is 18.5 Å². The molecule has 0 aliphatic heterocycles. The Morgan fingerprint density at radius 2 is 2.03 bits per heavy atom.